The lowest BCUT2D eigenvalue weighted by Crippen LogP contribution is -2.26. The third-order valence-electron chi connectivity index (χ3n) is 14.3. The van der Waals surface area contributed by atoms with Crippen LogP contribution in [0.5, 0.6) is 0 Å². The average molecular weight is 826 g/mol. The number of para-hydroxylation sites is 1. The Morgan fingerprint density at radius 1 is 0.323 bits per heavy atom. The Morgan fingerprint density at radius 2 is 0.862 bits per heavy atom. The lowest BCUT2D eigenvalue weighted by Gasteiger charge is -2.32. The van der Waals surface area contributed by atoms with Gasteiger partial charge in [-0.1, -0.05) is 194 Å². The minimum absolute atomic E-state index is 0.462. The van der Waals surface area contributed by atoms with Crippen LogP contribution in [0, 0.1) is 0 Å². The second-order valence-electron chi connectivity index (χ2n) is 17.5. The molecule has 0 bridgehead atoms. The number of hydrogen-bond acceptors (Lipinski definition) is 2. The van der Waals surface area contributed by atoms with Gasteiger partial charge in [-0.15, -0.1) is 0 Å². The van der Waals surface area contributed by atoms with E-state index in [2.05, 4.69) is 241 Å². The number of hydrogen-bond donors (Lipinski definition) is 0. The van der Waals surface area contributed by atoms with Crippen molar-refractivity contribution in [1.29, 1.82) is 0 Å². The van der Waals surface area contributed by atoms with Crippen LogP contribution in [0.2, 0.25) is 0 Å². The van der Waals surface area contributed by atoms with Crippen LogP contribution in [0.15, 0.2) is 241 Å². The van der Waals surface area contributed by atoms with Crippen LogP contribution in [0.3, 0.4) is 0 Å². The lowest BCUT2D eigenvalue weighted by atomic mass is 9.70. The van der Waals surface area contributed by atoms with Crippen LogP contribution < -0.4 is 4.90 Å². The summed E-state index contributed by atoms with van der Waals surface area (Å²) in [5, 5.41) is 7.03. The minimum atomic E-state index is -0.462. The predicted octanol–water partition coefficient (Wildman–Crippen LogP) is 17.0. The molecule has 0 unspecified atom stereocenters. The number of fused-ring (bicyclic) bond motifs is 16. The maximum absolute atomic E-state index is 6.62. The first-order chi connectivity index (χ1) is 32.3. The first kappa shape index (κ1) is 36.1. The predicted molar refractivity (Wildman–Crippen MR) is 271 cm³/mol. The fraction of sp³-hybridized carbons (Fsp3) is 0.0159. The SMILES string of the molecule is c1ccc(N(c2ccc(-c3cccc4ccccc34)cc2)c2cccc3c2-c2ccccc2C32c3ccccc3-c3ccccc32)c(-c2ccc3oc4c5ccccc5ccc4c3c2)c1. The summed E-state index contributed by atoms with van der Waals surface area (Å²) in [6.07, 6.45) is 0. The Kier molecular flexibility index (Phi) is 7.64. The third-order valence-corrected chi connectivity index (χ3v) is 14.3. The maximum Gasteiger partial charge on any atom is 0.143 e. The minimum Gasteiger partial charge on any atom is -0.455 e. The van der Waals surface area contributed by atoms with Crippen LogP contribution in [-0.2, 0) is 5.41 Å². The molecule has 65 heavy (non-hydrogen) atoms. The molecule has 11 aromatic carbocycles. The molecule has 0 saturated carbocycles. The molecule has 2 nitrogen and oxygen atoms in total. The normalized spacial score (nSPS) is 13.0. The van der Waals surface area contributed by atoms with Gasteiger partial charge in [0.1, 0.15) is 11.2 Å². The summed E-state index contributed by atoms with van der Waals surface area (Å²) in [7, 11) is 0. The molecular formula is C63H39NO. The van der Waals surface area contributed by atoms with Crippen molar-refractivity contribution in [3.63, 3.8) is 0 Å². The molecule has 12 aromatic rings. The molecule has 14 rings (SSSR count). The summed E-state index contributed by atoms with van der Waals surface area (Å²) in [5.74, 6) is 0. The zero-order valence-corrected chi connectivity index (χ0v) is 35.4. The highest BCUT2D eigenvalue weighted by Crippen LogP contribution is 2.65. The van der Waals surface area contributed by atoms with Crippen molar-refractivity contribution in [1.82, 2.24) is 0 Å². The summed E-state index contributed by atoms with van der Waals surface area (Å²) in [6, 6.07) is 87.1. The summed E-state index contributed by atoms with van der Waals surface area (Å²) >= 11 is 0. The molecule has 2 aliphatic rings. The maximum atomic E-state index is 6.62. The summed E-state index contributed by atoms with van der Waals surface area (Å²) in [4.78, 5) is 2.51. The van der Waals surface area contributed by atoms with E-state index >= 15 is 0 Å². The van der Waals surface area contributed by atoms with Gasteiger partial charge in [-0.3, -0.25) is 0 Å². The molecule has 0 N–H and O–H groups in total. The van der Waals surface area contributed by atoms with E-state index in [4.69, 9.17) is 4.42 Å². The molecule has 0 aliphatic heterocycles. The average Bonchev–Trinajstić information content (AvgIpc) is 4.01. The van der Waals surface area contributed by atoms with E-state index in [1.807, 2.05) is 0 Å². The molecule has 2 heteroatoms. The molecule has 0 saturated heterocycles. The monoisotopic (exact) mass is 825 g/mol. The second kappa shape index (κ2) is 13.8. The first-order valence-electron chi connectivity index (χ1n) is 22.5. The van der Waals surface area contributed by atoms with Gasteiger partial charge in [0.25, 0.3) is 0 Å². The van der Waals surface area contributed by atoms with Gasteiger partial charge in [0.15, 0.2) is 0 Å². The summed E-state index contributed by atoms with van der Waals surface area (Å²) in [5.41, 5.74) is 19.8. The molecule has 1 heterocycles. The van der Waals surface area contributed by atoms with Gasteiger partial charge in [0, 0.05) is 33.0 Å². The van der Waals surface area contributed by atoms with Crippen molar-refractivity contribution in [2.75, 3.05) is 4.90 Å². The van der Waals surface area contributed by atoms with Crippen LogP contribution in [0.1, 0.15) is 22.3 Å². The fourth-order valence-electron chi connectivity index (χ4n) is 11.6. The van der Waals surface area contributed by atoms with E-state index < -0.39 is 5.41 Å². The Morgan fingerprint density at radius 3 is 1.63 bits per heavy atom. The zero-order chi connectivity index (χ0) is 42.6. The Labute approximate surface area is 376 Å². The van der Waals surface area contributed by atoms with Crippen molar-refractivity contribution in [2.45, 2.75) is 5.41 Å². The molecule has 0 radical (unpaired) electrons. The second-order valence-corrected chi connectivity index (χ2v) is 17.5. The quantitative estimate of drug-likeness (QED) is 0.172. The molecule has 1 aromatic heterocycles. The van der Waals surface area contributed by atoms with Crippen molar-refractivity contribution < 1.29 is 4.42 Å². The van der Waals surface area contributed by atoms with Crippen LogP contribution in [0.4, 0.5) is 17.1 Å². The molecule has 1 spiro atoms. The van der Waals surface area contributed by atoms with Gasteiger partial charge >= 0.3 is 0 Å². The largest absolute Gasteiger partial charge is 0.455 e. The van der Waals surface area contributed by atoms with Gasteiger partial charge in [-0.25, -0.2) is 0 Å². The van der Waals surface area contributed by atoms with Gasteiger partial charge in [-0.2, -0.15) is 0 Å². The zero-order valence-electron chi connectivity index (χ0n) is 35.4. The van der Waals surface area contributed by atoms with E-state index in [1.165, 1.54) is 71.8 Å². The van der Waals surface area contributed by atoms with E-state index in [9.17, 15) is 0 Å². The van der Waals surface area contributed by atoms with Gasteiger partial charge in [0.05, 0.1) is 16.8 Å². The molecule has 0 fully saturated rings. The van der Waals surface area contributed by atoms with Crippen LogP contribution in [0.25, 0.3) is 88.0 Å². The van der Waals surface area contributed by atoms with E-state index in [0.29, 0.717) is 0 Å². The lowest BCUT2D eigenvalue weighted by molar-refractivity contribution is 0.672. The Bertz CT molecular complexity index is 3860. The first-order valence-corrected chi connectivity index (χ1v) is 22.5. The summed E-state index contributed by atoms with van der Waals surface area (Å²) in [6.45, 7) is 0. The van der Waals surface area contributed by atoms with Gasteiger partial charge in [-0.05, 0) is 114 Å². The van der Waals surface area contributed by atoms with Crippen molar-refractivity contribution in [3.8, 4) is 44.5 Å². The highest BCUT2D eigenvalue weighted by Gasteiger charge is 2.52. The number of furan rings is 1. The third kappa shape index (κ3) is 5.05. The van der Waals surface area contributed by atoms with Crippen molar-refractivity contribution in [2.24, 2.45) is 0 Å². The van der Waals surface area contributed by atoms with Gasteiger partial charge < -0.3 is 9.32 Å². The smallest absolute Gasteiger partial charge is 0.143 e. The molecule has 0 amide bonds. The number of anilines is 3. The molecule has 302 valence electrons. The fourth-order valence-corrected chi connectivity index (χ4v) is 11.6. The molecular weight excluding hydrogens is 787 g/mol. The highest BCUT2D eigenvalue weighted by molar-refractivity contribution is 6.16. The number of rotatable bonds is 5. The van der Waals surface area contributed by atoms with E-state index in [-0.39, 0.29) is 0 Å². The van der Waals surface area contributed by atoms with E-state index in [0.717, 1.165) is 55.5 Å². The molecule has 0 atom stereocenters. The standard InChI is InChI=1S/C63H39NO/c1-3-18-45-40(15-1)17-13-24-46(45)42-31-35-44(36-32-42)64(58-29-12-8-19-47(58)43-34-38-60-53(39-43)51-37-33-41-16-2-4-20-48(41)62(51)65-60)59-30-14-28-57-61(59)52-23-7-11-27-56(52)63(57)54-25-9-5-21-49(54)50-22-6-10-26-55(50)63/h1-39H. The van der Waals surface area contributed by atoms with Gasteiger partial charge in [0.2, 0.25) is 0 Å². The van der Waals surface area contributed by atoms with Crippen molar-refractivity contribution >= 4 is 60.5 Å². The van der Waals surface area contributed by atoms with Crippen LogP contribution >= 0.6 is 0 Å². The van der Waals surface area contributed by atoms with Crippen LogP contribution in [-0.4, -0.2) is 0 Å². The topological polar surface area (TPSA) is 16.4 Å². The Hall–Kier alpha value is -8.46. The van der Waals surface area contributed by atoms with Crippen molar-refractivity contribution in [3.05, 3.63) is 259 Å². The summed E-state index contributed by atoms with van der Waals surface area (Å²) < 4.78 is 6.62. The molecule has 2 aliphatic carbocycles. The van der Waals surface area contributed by atoms with E-state index in [1.54, 1.807) is 0 Å². The number of nitrogens with zero attached hydrogens (tertiary/aromatic N) is 1. The Balaban J connectivity index is 1.02. The highest BCUT2D eigenvalue weighted by atomic mass is 16.3. The number of benzene rings is 11.